The number of carbonyl (C=O) groups is 2. The first-order valence-electron chi connectivity index (χ1n) is 7.27. The molecular weight excluding hydrogens is 350 g/mol. The van der Waals surface area contributed by atoms with Crippen molar-refractivity contribution in [1.82, 2.24) is 4.98 Å². The molecular formula is C16H18ClN3O3S. The highest BCUT2D eigenvalue weighted by molar-refractivity contribution is 7.18. The molecule has 0 unspecified atom stereocenters. The number of benzene rings is 1. The predicted octanol–water partition coefficient (Wildman–Crippen LogP) is 3.82. The standard InChI is InChI=1S/C16H18ClN3O3S/c1-8(2)20(10(4)21)16-18-9(3)14(24-16)15(23)19-12-7-11(17)5-6-13(12)22/h5-8,22H,1-4H3,(H,19,23). The Morgan fingerprint density at radius 1 is 1.38 bits per heavy atom. The third kappa shape index (κ3) is 3.85. The summed E-state index contributed by atoms with van der Waals surface area (Å²) in [6.07, 6.45) is 0. The van der Waals surface area contributed by atoms with Gasteiger partial charge in [-0.25, -0.2) is 4.98 Å². The van der Waals surface area contributed by atoms with Crippen LogP contribution in [-0.4, -0.2) is 27.9 Å². The Balaban J connectivity index is 2.31. The molecule has 0 bridgehead atoms. The second-order valence-electron chi connectivity index (χ2n) is 5.51. The summed E-state index contributed by atoms with van der Waals surface area (Å²) in [7, 11) is 0. The molecule has 0 aliphatic carbocycles. The normalized spacial score (nSPS) is 10.8. The van der Waals surface area contributed by atoms with Crippen molar-refractivity contribution in [2.75, 3.05) is 10.2 Å². The molecule has 0 spiro atoms. The van der Waals surface area contributed by atoms with Gasteiger partial charge in [0.15, 0.2) is 5.13 Å². The number of phenols is 1. The topological polar surface area (TPSA) is 82.5 Å². The largest absolute Gasteiger partial charge is 0.506 e. The third-order valence-corrected chi connectivity index (χ3v) is 4.65. The highest BCUT2D eigenvalue weighted by atomic mass is 35.5. The van der Waals surface area contributed by atoms with Gasteiger partial charge in [0.1, 0.15) is 10.6 Å². The Labute approximate surface area is 149 Å². The number of hydrogen-bond donors (Lipinski definition) is 2. The molecule has 0 saturated heterocycles. The van der Waals surface area contributed by atoms with Crippen molar-refractivity contribution in [1.29, 1.82) is 0 Å². The highest BCUT2D eigenvalue weighted by Crippen LogP contribution is 2.31. The fourth-order valence-electron chi connectivity index (χ4n) is 2.20. The van der Waals surface area contributed by atoms with E-state index in [0.717, 1.165) is 11.3 Å². The Kier molecular flexibility index (Phi) is 5.46. The van der Waals surface area contributed by atoms with E-state index in [-0.39, 0.29) is 23.4 Å². The van der Waals surface area contributed by atoms with Crippen molar-refractivity contribution in [3.63, 3.8) is 0 Å². The molecule has 2 N–H and O–H groups in total. The lowest BCUT2D eigenvalue weighted by atomic mass is 10.3. The van der Waals surface area contributed by atoms with Crippen LogP contribution >= 0.6 is 22.9 Å². The van der Waals surface area contributed by atoms with Gasteiger partial charge in [-0.3, -0.25) is 14.5 Å². The van der Waals surface area contributed by atoms with E-state index in [1.165, 1.54) is 30.0 Å². The molecule has 128 valence electrons. The minimum Gasteiger partial charge on any atom is -0.506 e. The van der Waals surface area contributed by atoms with Crippen molar-refractivity contribution in [2.24, 2.45) is 0 Å². The molecule has 2 amide bonds. The zero-order valence-electron chi connectivity index (χ0n) is 13.8. The molecule has 24 heavy (non-hydrogen) atoms. The van der Waals surface area contributed by atoms with Gasteiger partial charge in [-0.15, -0.1) is 0 Å². The minimum atomic E-state index is -0.416. The summed E-state index contributed by atoms with van der Waals surface area (Å²) < 4.78 is 0. The molecule has 1 aromatic heterocycles. The summed E-state index contributed by atoms with van der Waals surface area (Å²) in [5.74, 6) is -0.637. The van der Waals surface area contributed by atoms with Crippen LogP contribution in [0.25, 0.3) is 0 Å². The molecule has 0 atom stereocenters. The molecule has 6 nitrogen and oxygen atoms in total. The van der Waals surface area contributed by atoms with Gasteiger partial charge in [-0.2, -0.15) is 0 Å². The Bertz CT molecular complexity index is 789. The molecule has 0 saturated carbocycles. The minimum absolute atomic E-state index is 0.0686. The van der Waals surface area contributed by atoms with Crippen LogP contribution in [0.15, 0.2) is 18.2 Å². The third-order valence-electron chi connectivity index (χ3n) is 3.26. The Morgan fingerprint density at radius 2 is 2.04 bits per heavy atom. The van der Waals surface area contributed by atoms with Gasteiger partial charge in [0, 0.05) is 18.0 Å². The number of nitrogens with one attached hydrogen (secondary N) is 1. The maximum Gasteiger partial charge on any atom is 0.267 e. The van der Waals surface area contributed by atoms with Crippen LogP contribution in [0, 0.1) is 6.92 Å². The molecule has 2 aromatic rings. The summed E-state index contributed by atoms with van der Waals surface area (Å²) in [5.41, 5.74) is 0.732. The lowest BCUT2D eigenvalue weighted by molar-refractivity contribution is -0.116. The maximum atomic E-state index is 12.5. The first-order chi connectivity index (χ1) is 11.2. The molecule has 2 rings (SSSR count). The van der Waals surface area contributed by atoms with Crippen molar-refractivity contribution in [3.05, 3.63) is 33.8 Å². The van der Waals surface area contributed by atoms with Crippen molar-refractivity contribution < 1.29 is 14.7 Å². The summed E-state index contributed by atoms with van der Waals surface area (Å²) >= 11 is 7.01. The number of carbonyl (C=O) groups excluding carboxylic acids is 2. The predicted molar refractivity (Wildman–Crippen MR) is 96.2 cm³/mol. The van der Waals surface area contributed by atoms with Crippen LogP contribution < -0.4 is 10.2 Å². The smallest absolute Gasteiger partial charge is 0.267 e. The molecule has 1 aromatic carbocycles. The average Bonchev–Trinajstić information content (AvgIpc) is 2.83. The van der Waals surface area contributed by atoms with Crippen LogP contribution in [0.5, 0.6) is 5.75 Å². The number of thiazole rings is 1. The average molecular weight is 368 g/mol. The van der Waals surface area contributed by atoms with Crippen molar-refractivity contribution >= 4 is 45.6 Å². The van der Waals surface area contributed by atoms with Gasteiger partial charge in [0.2, 0.25) is 5.91 Å². The summed E-state index contributed by atoms with van der Waals surface area (Å²) in [4.78, 5) is 30.5. The zero-order valence-corrected chi connectivity index (χ0v) is 15.3. The first kappa shape index (κ1) is 18.2. The molecule has 1 heterocycles. The van der Waals surface area contributed by atoms with Crippen LogP contribution in [-0.2, 0) is 4.79 Å². The Morgan fingerprint density at radius 3 is 2.62 bits per heavy atom. The number of amides is 2. The monoisotopic (exact) mass is 367 g/mol. The molecule has 0 aliphatic heterocycles. The van der Waals surface area contributed by atoms with Gasteiger partial charge in [-0.1, -0.05) is 22.9 Å². The number of anilines is 2. The SMILES string of the molecule is CC(=O)N(c1nc(C)c(C(=O)Nc2cc(Cl)ccc2O)s1)C(C)C. The number of aromatic hydroxyl groups is 1. The van der Waals surface area contributed by atoms with Crippen molar-refractivity contribution in [3.8, 4) is 5.75 Å². The first-order valence-corrected chi connectivity index (χ1v) is 8.47. The number of nitrogens with zero attached hydrogens (tertiary/aromatic N) is 2. The summed E-state index contributed by atoms with van der Waals surface area (Å²) in [5, 5.41) is 13.3. The molecule has 0 radical (unpaired) electrons. The van der Waals surface area contributed by atoms with Crippen LogP contribution in [0.1, 0.15) is 36.1 Å². The number of phenolic OH excluding ortho intramolecular Hbond substituents is 1. The van der Waals surface area contributed by atoms with E-state index in [0.29, 0.717) is 20.7 Å². The number of aromatic nitrogens is 1. The Hall–Kier alpha value is -2.12. The second-order valence-corrected chi connectivity index (χ2v) is 6.92. The van der Waals surface area contributed by atoms with Crippen LogP contribution in [0.4, 0.5) is 10.8 Å². The lowest BCUT2D eigenvalue weighted by Gasteiger charge is -2.21. The van der Waals surface area contributed by atoms with Gasteiger partial charge in [-0.05, 0) is 39.0 Å². The van der Waals surface area contributed by atoms with E-state index in [2.05, 4.69) is 10.3 Å². The van der Waals surface area contributed by atoms with E-state index >= 15 is 0 Å². The van der Waals surface area contributed by atoms with Gasteiger partial charge < -0.3 is 10.4 Å². The maximum absolute atomic E-state index is 12.5. The van der Waals surface area contributed by atoms with E-state index in [9.17, 15) is 14.7 Å². The van der Waals surface area contributed by atoms with E-state index in [4.69, 9.17) is 11.6 Å². The van der Waals surface area contributed by atoms with Gasteiger partial charge >= 0.3 is 0 Å². The van der Waals surface area contributed by atoms with Crippen LogP contribution in [0.3, 0.4) is 0 Å². The second kappa shape index (κ2) is 7.19. The quantitative estimate of drug-likeness (QED) is 0.804. The lowest BCUT2D eigenvalue weighted by Crippen LogP contribution is -2.34. The van der Waals surface area contributed by atoms with E-state index < -0.39 is 5.91 Å². The number of hydrogen-bond acceptors (Lipinski definition) is 5. The summed E-state index contributed by atoms with van der Waals surface area (Å²) in [6.45, 7) is 6.91. The van der Waals surface area contributed by atoms with Crippen molar-refractivity contribution in [2.45, 2.75) is 33.7 Å². The van der Waals surface area contributed by atoms with Crippen LogP contribution in [0.2, 0.25) is 5.02 Å². The van der Waals surface area contributed by atoms with E-state index in [1.54, 1.807) is 6.92 Å². The molecule has 0 aliphatic rings. The summed E-state index contributed by atoms with van der Waals surface area (Å²) in [6, 6.07) is 4.32. The van der Waals surface area contributed by atoms with E-state index in [1.807, 2.05) is 13.8 Å². The van der Waals surface area contributed by atoms with Gasteiger partial charge in [0.25, 0.3) is 5.91 Å². The fourth-order valence-corrected chi connectivity index (χ4v) is 3.51. The number of halogens is 1. The number of rotatable bonds is 4. The van der Waals surface area contributed by atoms with Gasteiger partial charge in [0.05, 0.1) is 11.4 Å². The fraction of sp³-hybridized carbons (Fsp3) is 0.312. The molecule has 8 heteroatoms. The molecule has 0 fully saturated rings. The highest BCUT2D eigenvalue weighted by Gasteiger charge is 2.23. The number of aryl methyl sites for hydroxylation is 1. The zero-order chi connectivity index (χ0) is 18.0.